The molecule has 2 heterocycles. The maximum absolute atomic E-state index is 6.35. The van der Waals surface area contributed by atoms with Crippen molar-refractivity contribution < 1.29 is 4.74 Å². The van der Waals surface area contributed by atoms with Crippen molar-refractivity contribution in [3.8, 4) is 5.75 Å². The number of hydrogen-bond acceptors (Lipinski definition) is 3. The van der Waals surface area contributed by atoms with E-state index < -0.39 is 0 Å². The zero-order valence-electron chi connectivity index (χ0n) is 18.2. The first-order valence-electron chi connectivity index (χ1n) is 11.7. The molecule has 2 aliphatic rings. The standard InChI is InChI=1S/C28H32N2O/c1-3-9-23(10-4-1)22-31-28-14-13-26(29-17-7-8-18-29)21-27(28)30-19-15-25(16-20-30)24-11-5-2-6-12-24/h1-6,9-14,21,25H,7-8,15-20,22H2. The monoisotopic (exact) mass is 412 g/mol. The van der Waals surface area contributed by atoms with E-state index in [2.05, 4.69) is 88.7 Å². The summed E-state index contributed by atoms with van der Waals surface area (Å²) in [6.45, 7) is 5.09. The average Bonchev–Trinajstić information content (AvgIpc) is 3.39. The van der Waals surface area contributed by atoms with E-state index in [0.717, 1.165) is 18.8 Å². The van der Waals surface area contributed by atoms with Crippen molar-refractivity contribution in [2.45, 2.75) is 38.2 Å². The Labute approximate surface area is 186 Å². The molecule has 0 saturated carbocycles. The molecule has 0 N–H and O–H groups in total. The Hall–Kier alpha value is -2.94. The Morgan fingerprint density at radius 2 is 1.39 bits per heavy atom. The maximum Gasteiger partial charge on any atom is 0.143 e. The van der Waals surface area contributed by atoms with Gasteiger partial charge in [-0.15, -0.1) is 0 Å². The maximum atomic E-state index is 6.35. The zero-order chi connectivity index (χ0) is 20.9. The van der Waals surface area contributed by atoms with Crippen LogP contribution in [0.5, 0.6) is 5.75 Å². The molecule has 3 aromatic carbocycles. The Morgan fingerprint density at radius 3 is 2.10 bits per heavy atom. The topological polar surface area (TPSA) is 15.7 Å². The molecule has 2 saturated heterocycles. The second kappa shape index (κ2) is 9.47. The molecule has 2 aliphatic heterocycles. The smallest absolute Gasteiger partial charge is 0.143 e. The summed E-state index contributed by atoms with van der Waals surface area (Å²) in [5.74, 6) is 1.66. The van der Waals surface area contributed by atoms with Crippen molar-refractivity contribution in [1.82, 2.24) is 0 Å². The molecule has 0 atom stereocenters. The first-order chi connectivity index (χ1) is 15.4. The van der Waals surface area contributed by atoms with Crippen molar-refractivity contribution in [3.05, 3.63) is 90.0 Å². The summed E-state index contributed by atoms with van der Waals surface area (Å²) in [7, 11) is 0. The van der Waals surface area contributed by atoms with Gasteiger partial charge in [-0.05, 0) is 60.9 Å². The summed E-state index contributed by atoms with van der Waals surface area (Å²) in [4.78, 5) is 5.06. The lowest BCUT2D eigenvalue weighted by molar-refractivity contribution is 0.305. The number of hydrogen-bond donors (Lipinski definition) is 0. The van der Waals surface area contributed by atoms with Crippen LogP contribution in [0.15, 0.2) is 78.9 Å². The second-order valence-electron chi connectivity index (χ2n) is 8.79. The number of ether oxygens (including phenoxy) is 1. The molecule has 31 heavy (non-hydrogen) atoms. The molecule has 2 fully saturated rings. The van der Waals surface area contributed by atoms with Crippen LogP contribution < -0.4 is 14.5 Å². The van der Waals surface area contributed by atoms with Gasteiger partial charge in [-0.2, -0.15) is 0 Å². The highest BCUT2D eigenvalue weighted by Gasteiger charge is 2.24. The highest BCUT2D eigenvalue weighted by atomic mass is 16.5. The van der Waals surface area contributed by atoms with Crippen LogP contribution in [0.1, 0.15) is 42.7 Å². The van der Waals surface area contributed by atoms with Gasteiger partial charge < -0.3 is 14.5 Å². The molecule has 0 spiro atoms. The average molecular weight is 413 g/mol. The Morgan fingerprint density at radius 1 is 0.710 bits per heavy atom. The van der Waals surface area contributed by atoms with E-state index in [1.165, 1.54) is 61.3 Å². The zero-order valence-corrected chi connectivity index (χ0v) is 18.2. The SMILES string of the molecule is c1ccc(COc2ccc(N3CCCC3)cc2N2CCC(c3ccccc3)CC2)cc1. The van der Waals surface area contributed by atoms with Crippen LogP contribution in [0.2, 0.25) is 0 Å². The van der Waals surface area contributed by atoms with Gasteiger partial charge in [0, 0.05) is 31.9 Å². The summed E-state index contributed by atoms with van der Waals surface area (Å²) in [6, 6.07) is 28.3. The third-order valence-electron chi connectivity index (χ3n) is 6.76. The molecule has 0 bridgehead atoms. The molecule has 5 rings (SSSR count). The van der Waals surface area contributed by atoms with E-state index >= 15 is 0 Å². The molecule has 0 radical (unpaired) electrons. The highest BCUT2D eigenvalue weighted by Crippen LogP contribution is 2.38. The fourth-order valence-corrected chi connectivity index (χ4v) is 4.96. The van der Waals surface area contributed by atoms with E-state index in [0.29, 0.717) is 12.5 Å². The van der Waals surface area contributed by atoms with E-state index in [1.54, 1.807) is 0 Å². The molecule has 3 heteroatoms. The van der Waals surface area contributed by atoms with E-state index in [1.807, 2.05) is 0 Å². The summed E-state index contributed by atoms with van der Waals surface area (Å²) >= 11 is 0. The lowest BCUT2D eigenvalue weighted by atomic mass is 9.89. The second-order valence-corrected chi connectivity index (χ2v) is 8.79. The van der Waals surface area contributed by atoms with Crippen LogP contribution in [0, 0.1) is 0 Å². The molecule has 0 aromatic heterocycles. The molecule has 0 amide bonds. The molecule has 0 aliphatic carbocycles. The molecular formula is C28H32N2O. The fraction of sp³-hybridized carbons (Fsp3) is 0.357. The number of benzene rings is 3. The summed E-state index contributed by atoms with van der Waals surface area (Å²) in [5, 5.41) is 0. The predicted octanol–water partition coefficient (Wildman–Crippen LogP) is 6.25. The number of anilines is 2. The normalized spacial score (nSPS) is 17.2. The van der Waals surface area contributed by atoms with Gasteiger partial charge in [0.1, 0.15) is 12.4 Å². The molecular weight excluding hydrogens is 380 g/mol. The van der Waals surface area contributed by atoms with Gasteiger partial charge in [0.05, 0.1) is 5.69 Å². The van der Waals surface area contributed by atoms with Crippen LogP contribution >= 0.6 is 0 Å². The highest BCUT2D eigenvalue weighted by molar-refractivity contribution is 5.67. The first-order valence-corrected chi connectivity index (χ1v) is 11.7. The third kappa shape index (κ3) is 4.71. The van der Waals surface area contributed by atoms with Gasteiger partial charge in [-0.3, -0.25) is 0 Å². The van der Waals surface area contributed by atoms with Gasteiger partial charge in [0.2, 0.25) is 0 Å². The molecule has 3 aromatic rings. The van der Waals surface area contributed by atoms with Gasteiger partial charge >= 0.3 is 0 Å². The van der Waals surface area contributed by atoms with Crippen LogP contribution in [-0.4, -0.2) is 26.2 Å². The minimum absolute atomic E-state index is 0.609. The van der Waals surface area contributed by atoms with Crippen LogP contribution in [0.25, 0.3) is 0 Å². The predicted molar refractivity (Wildman–Crippen MR) is 129 cm³/mol. The third-order valence-corrected chi connectivity index (χ3v) is 6.76. The summed E-state index contributed by atoms with van der Waals surface area (Å²) in [6.07, 6.45) is 4.97. The Balaban J connectivity index is 1.35. The number of nitrogens with zero attached hydrogens (tertiary/aromatic N) is 2. The number of piperidine rings is 1. The van der Waals surface area contributed by atoms with Crippen LogP contribution in [0.4, 0.5) is 11.4 Å². The Kier molecular flexibility index (Phi) is 6.10. The van der Waals surface area contributed by atoms with E-state index in [-0.39, 0.29) is 0 Å². The van der Waals surface area contributed by atoms with Gasteiger partial charge in [-0.25, -0.2) is 0 Å². The van der Waals surface area contributed by atoms with Crippen molar-refractivity contribution in [2.75, 3.05) is 36.0 Å². The van der Waals surface area contributed by atoms with E-state index in [4.69, 9.17) is 4.74 Å². The molecule has 160 valence electrons. The van der Waals surface area contributed by atoms with E-state index in [9.17, 15) is 0 Å². The molecule has 0 unspecified atom stereocenters. The van der Waals surface area contributed by atoms with Gasteiger partial charge in [-0.1, -0.05) is 60.7 Å². The number of rotatable bonds is 6. The minimum Gasteiger partial charge on any atom is -0.487 e. The van der Waals surface area contributed by atoms with Crippen molar-refractivity contribution in [1.29, 1.82) is 0 Å². The van der Waals surface area contributed by atoms with Crippen molar-refractivity contribution in [3.63, 3.8) is 0 Å². The lowest BCUT2D eigenvalue weighted by Gasteiger charge is -2.35. The summed E-state index contributed by atoms with van der Waals surface area (Å²) < 4.78 is 6.35. The largest absolute Gasteiger partial charge is 0.487 e. The fourth-order valence-electron chi connectivity index (χ4n) is 4.96. The van der Waals surface area contributed by atoms with Crippen molar-refractivity contribution >= 4 is 11.4 Å². The van der Waals surface area contributed by atoms with Crippen molar-refractivity contribution in [2.24, 2.45) is 0 Å². The summed E-state index contributed by atoms with van der Waals surface area (Å²) in [5.41, 5.74) is 5.28. The van der Waals surface area contributed by atoms with Gasteiger partial charge in [0.15, 0.2) is 0 Å². The first kappa shape index (κ1) is 20.0. The molecule has 3 nitrogen and oxygen atoms in total. The Bertz CT molecular complexity index is 959. The lowest BCUT2D eigenvalue weighted by Crippen LogP contribution is -2.33. The minimum atomic E-state index is 0.609. The quantitative estimate of drug-likeness (QED) is 0.476. The van der Waals surface area contributed by atoms with Crippen LogP contribution in [-0.2, 0) is 6.61 Å². The van der Waals surface area contributed by atoms with Crippen LogP contribution in [0.3, 0.4) is 0 Å². The van der Waals surface area contributed by atoms with Gasteiger partial charge in [0.25, 0.3) is 0 Å².